The predicted molar refractivity (Wildman–Crippen MR) is 503 cm³/mol. The number of para-hydroxylation sites is 1. The minimum absolute atomic E-state index is 0. The number of alkyl halides is 3. The molecule has 3 aromatic heterocycles. The number of hydrogen-bond acceptors (Lipinski definition) is 21. The quantitative estimate of drug-likeness (QED) is 0.0313. The van der Waals surface area contributed by atoms with Crippen molar-refractivity contribution in [2.24, 2.45) is 0 Å². The summed E-state index contributed by atoms with van der Waals surface area (Å²) in [7, 11) is 4.29. The SMILES string of the molecule is S.S.[C-]#[N+]CC1CN(c2nc(OCCN(CC)CC)nc3c2CCN(c2ccccc2C(F)(F)F)C3)CCN1C(=O)C=C.[C-]#[N+]CC1CN(c2nc(OC[C@@H]3CCC(C)(C)N3C)nc3c2CCN(c2cccc4ccccc24)C3)CCN1C(=O)C=C.[C-]#[N+]CC1CN(c2nc(OC[C@@H]3CCCN3C)nc3c2CCN(c2cccc4ccc(F)cc24)C3)CCN1C(=O)C=C. The second-order valence-electron chi connectivity index (χ2n) is 33.9. The summed E-state index contributed by atoms with van der Waals surface area (Å²) in [6.07, 6.45) is 5.82. The highest BCUT2D eigenvalue weighted by atomic mass is 32.1. The normalized spacial score (nSPS) is 19.7. The van der Waals surface area contributed by atoms with Crippen molar-refractivity contribution >= 4 is 101 Å². The highest BCUT2D eigenvalue weighted by Crippen LogP contribution is 2.43. The molecule has 5 fully saturated rings. The molecule has 8 aliphatic heterocycles. The van der Waals surface area contributed by atoms with Gasteiger partial charge in [0.15, 0.2) is 0 Å². The van der Waals surface area contributed by atoms with Crippen molar-refractivity contribution in [3.05, 3.63) is 220 Å². The van der Waals surface area contributed by atoms with Crippen LogP contribution >= 0.6 is 27.0 Å². The van der Waals surface area contributed by atoms with Crippen molar-refractivity contribution < 1.29 is 46.2 Å². The van der Waals surface area contributed by atoms with Gasteiger partial charge in [0.2, 0.25) is 37.4 Å². The Balaban J connectivity index is 0.000000173. The maximum atomic E-state index is 14.2. The zero-order chi connectivity index (χ0) is 88.9. The lowest BCUT2D eigenvalue weighted by Gasteiger charge is -2.41. The number of anilines is 6. The Hall–Kier alpha value is -11.5. The number of likely N-dealkylation sites (N-methyl/N-ethyl adjacent to an activating group) is 3. The van der Waals surface area contributed by atoms with E-state index in [1.54, 1.807) is 31.7 Å². The van der Waals surface area contributed by atoms with Gasteiger partial charge in [-0.2, -0.15) is 70.1 Å². The first-order valence-electron chi connectivity index (χ1n) is 43.8. The number of piperazine rings is 3. The smallest absolute Gasteiger partial charge is 0.418 e. The largest absolute Gasteiger partial charge is 0.462 e. The van der Waals surface area contributed by atoms with Crippen LogP contribution < -0.4 is 43.6 Å². The van der Waals surface area contributed by atoms with Crippen LogP contribution in [0.2, 0.25) is 0 Å². The summed E-state index contributed by atoms with van der Waals surface area (Å²) >= 11 is 0. The minimum Gasteiger partial charge on any atom is -0.462 e. The molecule has 128 heavy (non-hydrogen) atoms. The monoisotopic (exact) mass is 1790 g/mol. The predicted octanol–water partition coefficient (Wildman–Crippen LogP) is 12.6. The van der Waals surface area contributed by atoms with E-state index < -0.39 is 11.7 Å². The molecule has 678 valence electrons. The maximum absolute atomic E-state index is 14.2. The third-order valence-electron chi connectivity index (χ3n) is 26.1. The zero-order valence-corrected chi connectivity index (χ0v) is 76.0. The van der Waals surface area contributed by atoms with E-state index in [9.17, 15) is 31.9 Å². The van der Waals surface area contributed by atoms with Gasteiger partial charge in [0.05, 0.1) is 42.3 Å². The highest BCUT2D eigenvalue weighted by molar-refractivity contribution is 7.59. The average molecular weight is 1790 g/mol. The average Bonchev–Trinajstić information content (AvgIpc) is 1.78. The molecular weight excluding hydrogens is 1670 g/mol. The number of benzene rings is 5. The number of carbonyl (C=O) groups is 3. The molecule has 3 amide bonds. The summed E-state index contributed by atoms with van der Waals surface area (Å²) in [5.74, 6) is 1.58. The van der Waals surface area contributed by atoms with Crippen molar-refractivity contribution in [3.8, 4) is 18.0 Å². The van der Waals surface area contributed by atoms with E-state index in [1.165, 1.54) is 52.9 Å². The molecule has 11 heterocycles. The van der Waals surface area contributed by atoms with E-state index >= 15 is 0 Å². The van der Waals surface area contributed by atoms with Crippen LogP contribution in [0.3, 0.4) is 0 Å². The van der Waals surface area contributed by atoms with E-state index in [0.717, 1.165) is 127 Å². The van der Waals surface area contributed by atoms with Gasteiger partial charge in [0.1, 0.15) is 61.2 Å². The summed E-state index contributed by atoms with van der Waals surface area (Å²) in [5.41, 5.74) is 7.29. The molecule has 3 unspecified atom stereocenters. The van der Waals surface area contributed by atoms with Gasteiger partial charge in [-0.05, 0) is 158 Å². The Morgan fingerprint density at radius 3 is 1.37 bits per heavy atom. The number of likely N-dealkylation sites (tertiary alicyclic amines) is 2. The number of carbonyl (C=O) groups excluding carboxylic acids is 3. The van der Waals surface area contributed by atoms with Crippen LogP contribution in [-0.4, -0.2) is 271 Å². The lowest BCUT2D eigenvalue weighted by Crippen LogP contribution is -2.56. The molecule has 8 aromatic rings. The number of aromatic nitrogens is 6. The van der Waals surface area contributed by atoms with Crippen LogP contribution in [0.15, 0.2) is 141 Å². The number of nitrogens with zero attached hydrogens (tertiary/aromatic N) is 21. The summed E-state index contributed by atoms with van der Waals surface area (Å²) in [6.45, 7) is 55.3. The van der Waals surface area contributed by atoms with Gasteiger partial charge >= 0.3 is 24.2 Å². The molecular formula is C95H117F4N21O6S2. The third-order valence-corrected chi connectivity index (χ3v) is 26.1. The van der Waals surface area contributed by atoms with Gasteiger partial charge in [0.25, 0.3) is 0 Å². The van der Waals surface area contributed by atoms with Crippen molar-refractivity contribution in [1.82, 2.24) is 59.3 Å². The van der Waals surface area contributed by atoms with Crippen molar-refractivity contribution in [2.75, 3.05) is 188 Å². The van der Waals surface area contributed by atoms with E-state index in [4.69, 9.17) is 58.8 Å². The Kier molecular flexibility index (Phi) is 32.1. The highest BCUT2D eigenvalue weighted by Gasteiger charge is 2.43. The number of hydrogen-bond donors (Lipinski definition) is 0. The maximum Gasteiger partial charge on any atom is 0.418 e. The molecule has 0 radical (unpaired) electrons. The zero-order valence-electron chi connectivity index (χ0n) is 74.0. The molecule has 8 aliphatic rings. The molecule has 0 N–H and O–H groups in total. The minimum atomic E-state index is -4.48. The molecule has 0 aliphatic carbocycles. The summed E-state index contributed by atoms with van der Waals surface area (Å²) in [4.78, 5) is 103. The van der Waals surface area contributed by atoms with Gasteiger partial charge in [-0.3, -0.25) is 19.3 Å². The fourth-order valence-electron chi connectivity index (χ4n) is 18.8. The third kappa shape index (κ3) is 21.7. The molecule has 5 atom stereocenters. The Bertz CT molecular complexity index is 5430. The van der Waals surface area contributed by atoms with Gasteiger partial charge < -0.3 is 82.6 Å². The van der Waals surface area contributed by atoms with Crippen LogP contribution in [0.25, 0.3) is 36.1 Å². The Morgan fingerprint density at radius 1 is 0.508 bits per heavy atom. The molecule has 0 bridgehead atoms. The van der Waals surface area contributed by atoms with Gasteiger partial charge in [-0.1, -0.05) is 100 Å². The summed E-state index contributed by atoms with van der Waals surface area (Å²) in [6, 6.07) is 32.2. The molecule has 0 saturated carbocycles. The summed E-state index contributed by atoms with van der Waals surface area (Å²) in [5, 5.41) is 4.32. The summed E-state index contributed by atoms with van der Waals surface area (Å²) < 4.78 is 74.3. The van der Waals surface area contributed by atoms with Crippen LogP contribution in [0, 0.1) is 25.5 Å². The first-order valence-corrected chi connectivity index (χ1v) is 43.8. The molecule has 5 saturated heterocycles. The number of fused-ring (bicyclic) bond motifs is 5. The second-order valence-corrected chi connectivity index (χ2v) is 33.9. The number of amides is 3. The first kappa shape index (κ1) is 95.6. The lowest BCUT2D eigenvalue weighted by atomic mass is 10.0. The number of halogens is 4. The van der Waals surface area contributed by atoms with Crippen LogP contribution in [-0.2, 0) is 59.5 Å². The van der Waals surface area contributed by atoms with Gasteiger partial charge in [-0.15, -0.1) is 0 Å². The number of ether oxygens (including phenoxy) is 3. The molecule has 27 nitrogen and oxygen atoms in total. The fourth-order valence-corrected chi connectivity index (χ4v) is 18.8. The van der Waals surface area contributed by atoms with E-state index in [-0.39, 0.29) is 112 Å². The van der Waals surface area contributed by atoms with E-state index in [0.29, 0.717) is 153 Å². The van der Waals surface area contributed by atoms with E-state index in [1.807, 2.05) is 29.2 Å². The van der Waals surface area contributed by atoms with Gasteiger partial charge in [0, 0.05) is 147 Å². The molecule has 33 heteroatoms. The Morgan fingerprint density at radius 2 is 0.930 bits per heavy atom. The Labute approximate surface area is 762 Å². The topological polar surface area (TPSA) is 208 Å². The van der Waals surface area contributed by atoms with Crippen molar-refractivity contribution in [3.63, 3.8) is 0 Å². The van der Waals surface area contributed by atoms with Crippen LogP contribution in [0.1, 0.15) is 92.7 Å². The lowest BCUT2D eigenvalue weighted by molar-refractivity contribution is -0.137. The van der Waals surface area contributed by atoms with Gasteiger partial charge in [-0.25, -0.2) is 24.1 Å². The second kappa shape index (κ2) is 43.0. The van der Waals surface area contributed by atoms with Crippen LogP contribution in [0.4, 0.5) is 52.1 Å². The number of rotatable bonds is 24. The van der Waals surface area contributed by atoms with Crippen LogP contribution in [0.5, 0.6) is 18.0 Å². The van der Waals surface area contributed by atoms with Crippen molar-refractivity contribution in [2.45, 2.75) is 134 Å². The molecule has 16 rings (SSSR count). The molecule has 0 spiro atoms. The van der Waals surface area contributed by atoms with Crippen molar-refractivity contribution in [1.29, 1.82) is 0 Å². The fraction of sp³-hybridized carbons (Fsp3) is 0.474. The molecule has 5 aromatic carbocycles. The standard InChI is InChI=1S/C34H41N7O2.C32H36FN7O2.C29H36F3N7O2.2H2S/c1-6-31(42)41-19-18-40(21-26(41)20-35-4)32-28-15-17-39(30-13-9-11-24-10-7-8-12-27(24)30)22-29(28)36-33(37-32)43-23-25-14-16-34(2,3)38(25)5;1-4-30(41)40-16-15-39(19-25(40)18-34-2)31-26-12-14-38(29-9-5-7-22-10-11-23(33)17-27(22)29)20-28(26)35-32(36-31)42-21-24-8-6-13-37(24)3;1-5-26(40)39-15-14-38(19-21(39)18-33-4)27-22-12-13-37(25-11-9-8-10-23(25)29(30,31)32)20-24(22)34-28(35-27)41-17-16-36(6-2)7-3;;/h6-13,25-26H,1,14-23H2,2-3,5H3;4-5,7,9-11,17,24-25H,1,6,8,12-16,18-21H2,3H3;5,8-11,21H,1,6-7,12-20H2,2-3H3;2*1H2/t25-,26?;24-,25?;;;/m00.../s1. The van der Waals surface area contributed by atoms with E-state index in [2.05, 4.69) is 158 Å². The first-order chi connectivity index (χ1) is 60.9.